The molecule has 0 aromatic heterocycles. The second-order valence-electron chi connectivity index (χ2n) is 7.40. The molecule has 150 valence electrons. The maximum Gasteiger partial charge on any atom is 0.391 e. The molecule has 2 fully saturated rings. The summed E-state index contributed by atoms with van der Waals surface area (Å²) in [4.78, 5) is 24.6. The van der Waals surface area contributed by atoms with Gasteiger partial charge in [0, 0.05) is 18.6 Å². The number of likely N-dealkylation sites (N-methyl/N-ethyl adjacent to an activating group) is 1. The van der Waals surface area contributed by atoms with Gasteiger partial charge in [0.2, 0.25) is 0 Å². The van der Waals surface area contributed by atoms with E-state index >= 15 is 0 Å². The minimum absolute atomic E-state index is 0.0118. The average Bonchev–Trinajstić information content (AvgIpc) is 2.53. The third-order valence-corrected chi connectivity index (χ3v) is 5.51. The molecule has 0 bridgehead atoms. The molecule has 0 spiro atoms. The number of carbonyl (C=O) groups is 2. The van der Waals surface area contributed by atoms with E-state index in [1.54, 1.807) is 0 Å². The molecule has 2 amide bonds. The summed E-state index contributed by atoms with van der Waals surface area (Å²) in [5, 5.41) is 14.4. The second kappa shape index (κ2) is 8.92. The fourth-order valence-corrected chi connectivity index (χ4v) is 3.92. The van der Waals surface area contributed by atoms with E-state index in [0.717, 1.165) is 0 Å². The van der Waals surface area contributed by atoms with Crippen molar-refractivity contribution in [2.45, 2.75) is 63.7 Å². The van der Waals surface area contributed by atoms with Crippen LogP contribution in [0.15, 0.2) is 0 Å². The number of hydrogen-bond acceptors (Lipinski definition) is 3. The Hall–Kier alpha value is -1.51. The van der Waals surface area contributed by atoms with Crippen LogP contribution in [0, 0.1) is 11.8 Å². The smallest absolute Gasteiger partial charge is 0.391 e. The number of carbonyl (C=O) groups excluding carboxylic acids is 1. The first-order chi connectivity index (χ1) is 12.2. The number of rotatable bonds is 7. The predicted octanol–water partition coefficient (Wildman–Crippen LogP) is 2.59. The molecule has 2 rings (SSSR count). The van der Waals surface area contributed by atoms with E-state index in [9.17, 15) is 22.8 Å². The van der Waals surface area contributed by atoms with E-state index in [4.69, 9.17) is 5.11 Å². The molecule has 0 aliphatic heterocycles. The van der Waals surface area contributed by atoms with Crippen LogP contribution in [-0.4, -0.2) is 59.9 Å². The lowest BCUT2D eigenvalue weighted by molar-refractivity contribution is -0.185. The summed E-state index contributed by atoms with van der Waals surface area (Å²) in [5.41, 5.74) is 0. The van der Waals surface area contributed by atoms with Gasteiger partial charge in [-0.25, -0.2) is 4.79 Å². The van der Waals surface area contributed by atoms with E-state index in [-0.39, 0.29) is 50.0 Å². The Morgan fingerprint density at radius 3 is 2.46 bits per heavy atom. The number of nitrogens with zero attached hydrogens (tertiary/aromatic N) is 1. The first-order valence-electron chi connectivity index (χ1n) is 9.26. The van der Waals surface area contributed by atoms with Crippen molar-refractivity contribution in [2.24, 2.45) is 11.8 Å². The first-order valence-corrected chi connectivity index (χ1v) is 9.26. The standard InChI is InChI=1S/C17H28F3N3O3/c1-2-23(10-15(24)25)14-7-13(8-14)22-16(26)21-9-11-4-3-5-12(6-11)17(18,19)20/h11-14H,2-10H2,1H3,(H,24,25)(H2,21,22,26). The SMILES string of the molecule is CCN(CC(=O)O)C1CC(NC(=O)NCC2CCCC(C(F)(F)F)C2)C1. The number of amides is 2. The lowest BCUT2D eigenvalue weighted by Crippen LogP contribution is -2.56. The Morgan fingerprint density at radius 1 is 1.19 bits per heavy atom. The maximum absolute atomic E-state index is 12.8. The van der Waals surface area contributed by atoms with Crippen molar-refractivity contribution in [2.75, 3.05) is 19.6 Å². The molecule has 2 saturated carbocycles. The van der Waals surface area contributed by atoms with Crippen molar-refractivity contribution in [1.82, 2.24) is 15.5 Å². The number of urea groups is 1. The van der Waals surface area contributed by atoms with Crippen LogP contribution in [0.2, 0.25) is 0 Å². The van der Waals surface area contributed by atoms with Crippen LogP contribution in [0.1, 0.15) is 45.4 Å². The number of aliphatic carboxylic acids is 1. The Kier molecular flexibility index (Phi) is 7.14. The highest BCUT2D eigenvalue weighted by atomic mass is 19.4. The largest absolute Gasteiger partial charge is 0.480 e. The molecule has 26 heavy (non-hydrogen) atoms. The zero-order chi connectivity index (χ0) is 19.3. The zero-order valence-corrected chi connectivity index (χ0v) is 15.0. The minimum Gasteiger partial charge on any atom is -0.480 e. The molecule has 2 unspecified atom stereocenters. The fourth-order valence-electron chi connectivity index (χ4n) is 3.92. The van der Waals surface area contributed by atoms with Gasteiger partial charge in [-0.15, -0.1) is 0 Å². The Bertz CT molecular complexity index is 495. The first kappa shape index (κ1) is 20.8. The highest BCUT2D eigenvalue weighted by molar-refractivity contribution is 5.74. The van der Waals surface area contributed by atoms with E-state index in [1.807, 2.05) is 11.8 Å². The Balaban J connectivity index is 1.65. The summed E-state index contributed by atoms with van der Waals surface area (Å²) in [6, 6.07) is -0.228. The van der Waals surface area contributed by atoms with Gasteiger partial charge in [0.25, 0.3) is 0 Å². The number of nitrogens with one attached hydrogen (secondary N) is 2. The molecule has 9 heteroatoms. The van der Waals surface area contributed by atoms with Gasteiger partial charge in [-0.1, -0.05) is 13.3 Å². The molecule has 6 nitrogen and oxygen atoms in total. The normalized spacial score (nSPS) is 29.1. The van der Waals surface area contributed by atoms with E-state index in [2.05, 4.69) is 10.6 Å². The molecule has 0 heterocycles. The second-order valence-corrected chi connectivity index (χ2v) is 7.40. The van der Waals surface area contributed by atoms with Crippen LogP contribution in [0.4, 0.5) is 18.0 Å². The van der Waals surface area contributed by atoms with E-state index < -0.39 is 18.1 Å². The predicted molar refractivity (Wildman–Crippen MR) is 89.7 cm³/mol. The number of hydrogen-bond donors (Lipinski definition) is 3. The highest BCUT2D eigenvalue weighted by Crippen LogP contribution is 2.39. The maximum atomic E-state index is 12.8. The molecule has 0 aromatic rings. The third-order valence-electron chi connectivity index (χ3n) is 5.51. The molecule has 0 aromatic carbocycles. The van der Waals surface area contributed by atoms with Crippen molar-refractivity contribution in [3.05, 3.63) is 0 Å². The van der Waals surface area contributed by atoms with Gasteiger partial charge in [0.05, 0.1) is 12.5 Å². The van der Waals surface area contributed by atoms with Gasteiger partial charge < -0.3 is 15.7 Å². The van der Waals surface area contributed by atoms with E-state index in [0.29, 0.717) is 32.2 Å². The third kappa shape index (κ3) is 6.03. The monoisotopic (exact) mass is 379 g/mol. The molecule has 0 saturated heterocycles. The molecule has 2 aliphatic carbocycles. The molecule has 0 radical (unpaired) electrons. The Morgan fingerprint density at radius 2 is 1.88 bits per heavy atom. The summed E-state index contributed by atoms with van der Waals surface area (Å²) in [5.74, 6) is -2.26. The zero-order valence-electron chi connectivity index (χ0n) is 15.0. The van der Waals surface area contributed by atoms with Crippen molar-refractivity contribution in [3.63, 3.8) is 0 Å². The number of carboxylic acids is 1. The van der Waals surface area contributed by atoms with Crippen LogP contribution < -0.4 is 10.6 Å². The van der Waals surface area contributed by atoms with Gasteiger partial charge in [-0.2, -0.15) is 13.2 Å². The fraction of sp³-hybridized carbons (Fsp3) is 0.882. The van der Waals surface area contributed by atoms with Crippen LogP contribution in [0.5, 0.6) is 0 Å². The topological polar surface area (TPSA) is 81.7 Å². The van der Waals surface area contributed by atoms with Crippen LogP contribution in [0.25, 0.3) is 0 Å². The summed E-state index contributed by atoms with van der Waals surface area (Å²) >= 11 is 0. The minimum atomic E-state index is -4.15. The van der Waals surface area contributed by atoms with Crippen LogP contribution in [-0.2, 0) is 4.79 Å². The quantitative estimate of drug-likeness (QED) is 0.635. The Labute approximate surface area is 151 Å². The van der Waals surface area contributed by atoms with Gasteiger partial charge in [-0.05, 0) is 44.6 Å². The van der Waals surface area contributed by atoms with Gasteiger partial charge in [0.15, 0.2) is 0 Å². The molecule has 2 atom stereocenters. The molecular formula is C17H28F3N3O3. The van der Waals surface area contributed by atoms with Crippen molar-refractivity contribution < 1.29 is 27.9 Å². The van der Waals surface area contributed by atoms with Gasteiger partial charge >= 0.3 is 18.2 Å². The lowest BCUT2D eigenvalue weighted by atomic mass is 9.81. The van der Waals surface area contributed by atoms with Gasteiger partial charge in [-0.3, -0.25) is 9.69 Å². The summed E-state index contributed by atoms with van der Waals surface area (Å²) in [6.45, 7) is 2.78. The van der Waals surface area contributed by atoms with E-state index in [1.165, 1.54) is 0 Å². The molecule has 2 aliphatic rings. The van der Waals surface area contributed by atoms with Crippen LogP contribution >= 0.6 is 0 Å². The highest BCUT2D eigenvalue weighted by Gasteiger charge is 2.42. The molecular weight excluding hydrogens is 351 g/mol. The summed E-state index contributed by atoms with van der Waals surface area (Å²) in [6.07, 6.45) is -1.26. The number of carboxylic acid groups (broad SMARTS) is 1. The van der Waals surface area contributed by atoms with Crippen molar-refractivity contribution in [3.8, 4) is 0 Å². The van der Waals surface area contributed by atoms with Gasteiger partial charge in [0.1, 0.15) is 0 Å². The lowest BCUT2D eigenvalue weighted by Gasteiger charge is -2.42. The van der Waals surface area contributed by atoms with Crippen molar-refractivity contribution in [1.29, 1.82) is 0 Å². The van der Waals surface area contributed by atoms with Crippen molar-refractivity contribution >= 4 is 12.0 Å². The van der Waals surface area contributed by atoms with Crippen LogP contribution in [0.3, 0.4) is 0 Å². The molecule has 3 N–H and O–H groups in total. The summed E-state index contributed by atoms with van der Waals surface area (Å²) in [7, 11) is 0. The number of halogens is 3. The average molecular weight is 379 g/mol. The summed E-state index contributed by atoms with van der Waals surface area (Å²) < 4.78 is 38.4. The number of alkyl halides is 3.